The standard InChI is InChI=1S/C19H18N4O/c1-13-5-4-8-18-22-17(12-23(13)18)19(24)20-10-9-14-11-21-16-7-3-2-6-15(14)16/h2-8,11-12,21H,9-10H2,1H3,(H,20,24). The van der Waals surface area contributed by atoms with Gasteiger partial charge in [-0.1, -0.05) is 24.3 Å². The molecule has 3 aromatic heterocycles. The minimum absolute atomic E-state index is 0.141. The van der Waals surface area contributed by atoms with Crippen LogP contribution in [0.15, 0.2) is 54.9 Å². The maximum Gasteiger partial charge on any atom is 0.271 e. The van der Waals surface area contributed by atoms with Gasteiger partial charge in [0.15, 0.2) is 0 Å². The van der Waals surface area contributed by atoms with Crippen LogP contribution in [0.2, 0.25) is 0 Å². The number of imidazole rings is 1. The molecule has 0 atom stereocenters. The molecule has 1 aromatic carbocycles. The van der Waals surface area contributed by atoms with Gasteiger partial charge in [0.05, 0.1) is 0 Å². The van der Waals surface area contributed by atoms with Gasteiger partial charge in [0.25, 0.3) is 5.91 Å². The predicted molar refractivity (Wildman–Crippen MR) is 94.3 cm³/mol. The number of aromatic amines is 1. The van der Waals surface area contributed by atoms with Gasteiger partial charge in [-0.3, -0.25) is 4.79 Å². The molecule has 0 aliphatic rings. The van der Waals surface area contributed by atoms with Crippen molar-refractivity contribution < 1.29 is 4.79 Å². The van der Waals surface area contributed by atoms with Gasteiger partial charge < -0.3 is 14.7 Å². The van der Waals surface area contributed by atoms with E-state index in [4.69, 9.17) is 0 Å². The Balaban J connectivity index is 1.45. The SMILES string of the molecule is Cc1cccc2nc(C(=O)NCCc3c[nH]c4ccccc34)cn12. The molecular weight excluding hydrogens is 300 g/mol. The van der Waals surface area contributed by atoms with Crippen LogP contribution in [0.5, 0.6) is 0 Å². The number of aromatic nitrogens is 3. The van der Waals surface area contributed by atoms with Crippen molar-refractivity contribution in [1.29, 1.82) is 0 Å². The van der Waals surface area contributed by atoms with Gasteiger partial charge in [0.1, 0.15) is 11.3 Å². The lowest BCUT2D eigenvalue weighted by atomic mass is 10.1. The molecule has 0 aliphatic heterocycles. The van der Waals surface area contributed by atoms with Gasteiger partial charge in [-0.15, -0.1) is 0 Å². The second-order valence-corrected chi connectivity index (χ2v) is 5.89. The minimum Gasteiger partial charge on any atom is -0.361 e. The van der Waals surface area contributed by atoms with Gasteiger partial charge >= 0.3 is 0 Å². The first-order chi connectivity index (χ1) is 11.7. The number of H-pyrrole nitrogens is 1. The van der Waals surface area contributed by atoms with Crippen LogP contribution in [0, 0.1) is 6.92 Å². The average Bonchev–Trinajstić information content (AvgIpc) is 3.20. The van der Waals surface area contributed by atoms with Crippen molar-refractivity contribution in [2.75, 3.05) is 6.54 Å². The molecule has 120 valence electrons. The third-order valence-corrected chi connectivity index (χ3v) is 4.28. The van der Waals surface area contributed by atoms with Crippen molar-refractivity contribution in [2.24, 2.45) is 0 Å². The fraction of sp³-hybridized carbons (Fsp3) is 0.158. The summed E-state index contributed by atoms with van der Waals surface area (Å²) in [6, 6.07) is 14.0. The lowest BCUT2D eigenvalue weighted by Crippen LogP contribution is -2.25. The predicted octanol–water partition coefficient (Wildman–Crippen LogP) is 3.10. The Labute approximate surface area is 139 Å². The number of hydrogen-bond donors (Lipinski definition) is 2. The summed E-state index contributed by atoms with van der Waals surface area (Å²) in [4.78, 5) is 20.0. The third-order valence-electron chi connectivity index (χ3n) is 4.28. The molecule has 5 nitrogen and oxygen atoms in total. The Morgan fingerprint density at radius 3 is 2.96 bits per heavy atom. The molecule has 0 radical (unpaired) electrons. The van der Waals surface area contributed by atoms with Crippen molar-refractivity contribution >= 4 is 22.5 Å². The summed E-state index contributed by atoms with van der Waals surface area (Å²) in [5.41, 5.74) is 4.62. The van der Waals surface area contributed by atoms with E-state index in [0.29, 0.717) is 12.2 Å². The number of para-hydroxylation sites is 1. The van der Waals surface area contributed by atoms with Crippen LogP contribution >= 0.6 is 0 Å². The molecule has 0 saturated heterocycles. The smallest absolute Gasteiger partial charge is 0.271 e. The van der Waals surface area contributed by atoms with Crippen LogP contribution in [0.3, 0.4) is 0 Å². The number of benzene rings is 1. The normalized spacial score (nSPS) is 11.2. The Bertz CT molecular complexity index is 1030. The molecule has 4 rings (SSSR count). The number of amides is 1. The molecule has 2 N–H and O–H groups in total. The maximum atomic E-state index is 12.3. The molecular formula is C19H18N4O. The highest BCUT2D eigenvalue weighted by Gasteiger charge is 2.11. The Morgan fingerprint density at radius 1 is 1.21 bits per heavy atom. The van der Waals surface area contributed by atoms with Gasteiger partial charge in [-0.25, -0.2) is 4.98 Å². The summed E-state index contributed by atoms with van der Waals surface area (Å²) in [7, 11) is 0. The lowest BCUT2D eigenvalue weighted by Gasteiger charge is -2.02. The topological polar surface area (TPSA) is 62.2 Å². The number of carbonyl (C=O) groups excluding carboxylic acids is 1. The second-order valence-electron chi connectivity index (χ2n) is 5.89. The van der Waals surface area contributed by atoms with E-state index in [1.54, 1.807) is 6.20 Å². The summed E-state index contributed by atoms with van der Waals surface area (Å²) in [5.74, 6) is -0.141. The van der Waals surface area contributed by atoms with Crippen molar-refractivity contribution in [3.05, 3.63) is 71.8 Å². The highest BCUT2D eigenvalue weighted by Crippen LogP contribution is 2.17. The van der Waals surface area contributed by atoms with Crippen LogP contribution in [0.25, 0.3) is 16.6 Å². The largest absolute Gasteiger partial charge is 0.361 e. The zero-order valence-corrected chi connectivity index (χ0v) is 13.4. The molecule has 0 spiro atoms. The van der Waals surface area contributed by atoms with Crippen LogP contribution in [-0.4, -0.2) is 26.8 Å². The van der Waals surface area contributed by atoms with E-state index in [9.17, 15) is 4.79 Å². The van der Waals surface area contributed by atoms with E-state index in [2.05, 4.69) is 27.4 Å². The summed E-state index contributed by atoms with van der Waals surface area (Å²) in [6.07, 6.45) is 4.57. The van der Waals surface area contributed by atoms with E-state index in [0.717, 1.165) is 23.3 Å². The quantitative estimate of drug-likeness (QED) is 0.607. The van der Waals surface area contributed by atoms with E-state index >= 15 is 0 Å². The van der Waals surface area contributed by atoms with E-state index in [1.165, 1.54) is 10.9 Å². The lowest BCUT2D eigenvalue weighted by molar-refractivity contribution is 0.0950. The van der Waals surface area contributed by atoms with E-state index in [-0.39, 0.29) is 5.91 Å². The minimum atomic E-state index is -0.141. The van der Waals surface area contributed by atoms with Crippen molar-refractivity contribution in [3.8, 4) is 0 Å². The molecule has 0 aliphatic carbocycles. The number of hydrogen-bond acceptors (Lipinski definition) is 2. The Hall–Kier alpha value is -3.08. The van der Waals surface area contributed by atoms with Crippen LogP contribution < -0.4 is 5.32 Å². The van der Waals surface area contributed by atoms with E-state index < -0.39 is 0 Å². The summed E-state index contributed by atoms with van der Waals surface area (Å²) in [6.45, 7) is 2.57. The van der Waals surface area contributed by atoms with Crippen molar-refractivity contribution in [2.45, 2.75) is 13.3 Å². The Kier molecular flexibility index (Phi) is 3.54. The third kappa shape index (κ3) is 2.54. The molecule has 1 amide bonds. The number of fused-ring (bicyclic) bond motifs is 2. The molecule has 0 bridgehead atoms. The van der Waals surface area contributed by atoms with Gasteiger partial charge in [0, 0.05) is 35.5 Å². The Morgan fingerprint density at radius 2 is 2.08 bits per heavy atom. The molecule has 5 heteroatoms. The zero-order chi connectivity index (χ0) is 16.5. The number of carbonyl (C=O) groups is 1. The number of nitrogens with one attached hydrogen (secondary N) is 2. The van der Waals surface area contributed by atoms with Crippen molar-refractivity contribution in [1.82, 2.24) is 19.7 Å². The first-order valence-electron chi connectivity index (χ1n) is 8.00. The fourth-order valence-corrected chi connectivity index (χ4v) is 3.00. The molecule has 0 unspecified atom stereocenters. The zero-order valence-electron chi connectivity index (χ0n) is 13.4. The van der Waals surface area contributed by atoms with Crippen LogP contribution in [0.4, 0.5) is 0 Å². The molecule has 0 saturated carbocycles. The molecule has 3 heterocycles. The summed E-state index contributed by atoms with van der Waals surface area (Å²) < 4.78 is 1.93. The van der Waals surface area contributed by atoms with Gasteiger partial charge in [-0.2, -0.15) is 0 Å². The van der Waals surface area contributed by atoms with E-state index in [1.807, 2.05) is 47.9 Å². The van der Waals surface area contributed by atoms with Crippen LogP contribution in [-0.2, 0) is 6.42 Å². The first kappa shape index (κ1) is 14.5. The molecule has 4 aromatic rings. The highest BCUT2D eigenvalue weighted by atomic mass is 16.1. The maximum absolute atomic E-state index is 12.3. The first-order valence-corrected chi connectivity index (χ1v) is 8.00. The molecule has 0 fully saturated rings. The molecule has 24 heavy (non-hydrogen) atoms. The number of pyridine rings is 1. The summed E-state index contributed by atoms with van der Waals surface area (Å²) in [5, 5.41) is 4.16. The van der Waals surface area contributed by atoms with Gasteiger partial charge in [-0.05, 0) is 37.1 Å². The monoisotopic (exact) mass is 318 g/mol. The second kappa shape index (κ2) is 5.85. The number of aryl methyl sites for hydroxylation is 1. The van der Waals surface area contributed by atoms with Crippen molar-refractivity contribution in [3.63, 3.8) is 0 Å². The van der Waals surface area contributed by atoms with Crippen LogP contribution in [0.1, 0.15) is 21.7 Å². The average molecular weight is 318 g/mol. The fourth-order valence-electron chi connectivity index (χ4n) is 3.00. The highest BCUT2D eigenvalue weighted by molar-refractivity contribution is 5.93. The number of rotatable bonds is 4. The van der Waals surface area contributed by atoms with Gasteiger partial charge in [0.2, 0.25) is 0 Å². The summed E-state index contributed by atoms with van der Waals surface area (Å²) >= 11 is 0. The number of nitrogens with zero attached hydrogens (tertiary/aromatic N) is 2.